The van der Waals surface area contributed by atoms with Gasteiger partial charge in [0.25, 0.3) is 0 Å². The number of halogens is 2. The molecule has 2 heterocycles. The van der Waals surface area contributed by atoms with Crippen molar-refractivity contribution in [2.75, 3.05) is 7.05 Å². The first kappa shape index (κ1) is 14.1. The molecule has 0 fully saturated rings. The summed E-state index contributed by atoms with van der Waals surface area (Å²) < 4.78 is 1.92. The van der Waals surface area contributed by atoms with E-state index in [9.17, 15) is 0 Å². The molecular formula is C12H13Br2N3S. The van der Waals surface area contributed by atoms with E-state index in [0.717, 1.165) is 38.3 Å². The van der Waals surface area contributed by atoms with Gasteiger partial charge in [0, 0.05) is 26.6 Å². The van der Waals surface area contributed by atoms with E-state index < -0.39 is 0 Å². The van der Waals surface area contributed by atoms with Gasteiger partial charge in [0.15, 0.2) is 0 Å². The number of thiazole rings is 1. The molecule has 6 heteroatoms. The highest BCUT2D eigenvalue weighted by molar-refractivity contribution is 9.11. The highest BCUT2D eigenvalue weighted by Gasteiger charge is 2.14. The summed E-state index contributed by atoms with van der Waals surface area (Å²) in [6.07, 6.45) is 2.74. The van der Waals surface area contributed by atoms with Crippen LogP contribution in [0.3, 0.4) is 0 Å². The maximum absolute atomic E-state index is 4.68. The third-order valence-electron chi connectivity index (χ3n) is 2.46. The molecule has 0 amide bonds. The van der Waals surface area contributed by atoms with Gasteiger partial charge < -0.3 is 5.32 Å². The minimum Gasteiger partial charge on any atom is -0.315 e. The highest BCUT2D eigenvalue weighted by Crippen LogP contribution is 2.33. The van der Waals surface area contributed by atoms with E-state index in [1.807, 2.05) is 13.1 Å². The Morgan fingerprint density at radius 1 is 1.39 bits per heavy atom. The summed E-state index contributed by atoms with van der Waals surface area (Å²) in [6, 6.07) is 1.99. The van der Waals surface area contributed by atoms with Crippen molar-refractivity contribution in [1.82, 2.24) is 15.3 Å². The Labute approximate surface area is 127 Å². The first-order valence-electron chi connectivity index (χ1n) is 5.60. The molecule has 2 aromatic heterocycles. The minimum atomic E-state index is 0.856. The lowest BCUT2D eigenvalue weighted by Gasteiger charge is -1.99. The Kier molecular flexibility index (Phi) is 4.89. The zero-order valence-electron chi connectivity index (χ0n) is 10.1. The Morgan fingerprint density at radius 3 is 2.78 bits per heavy atom. The maximum Gasteiger partial charge on any atom is 0.143 e. The molecule has 18 heavy (non-hydrogen) atoms. The molecule has 0 spiro atoms. The van der Waals surface area contributed by atoms with Crippen LogP contribution in [0.2, 0.25) is 0 Å². The van der Waals surface area contributed by atoms with E-state index in [-0.39, 0.29) is 0 Å². The van der Waals surface area contributed by atoms with Gasteiger partial charge in [0.1, 0.15) is 10.7 Å². The normalized spacial score (nSPS) is 10.9. The fraction of sp³-hybridized carbons (Fsp3) is 0.333. The summed E-state index contributed by atoms with van der Waals surface area (Å²) in [5.41, 5.74) is 2.06. The van der Waals surface area contributed by atoms with E-state index in [0.29, 0.717) is 0 Å². The van der Waals surface area contributed by atoms with Gasteiger partial charge in [-0.05, 0) is 51.4 Å². The van der Waals surface area contributed by atoms with Crippen LogP contribution in [0.25, 0.3) is 10.7 Å². The lowest BCUT2D eigenvalue weighted by molar-refractivity contribution is 0.814. The van der Waals surface area contributed by atoms with Crippen molar-refractivity contribution in [1.29, 1.82) is 0 Å². The molecule has 96 valence electrons. The molecule has 0 aliphatic rings. The number of aromatic nitrogens is 2. The number of hydrogen-bond donors (Lipinski definition) is 1. The van der Waals surface area contributed by atoms with Crippen molar-refractivity contribution in [2.45, 2.75) is 19.9 Å². The molecule has 0 saturated carbocycles. The van der Waals surface area contributed by atoms with Gasteiger partial charge in [-0.3, -0.25) is 4.98 Å². The third-order valence-corrected chi connectivity index (χ3v) is 4.60. The average molecular weight is 391 g/mol. The van der Waals surface area contributed by atoms with Gasteiger partial charge in [0.05, 0.1) is 5.69 Å². The quantitative estimate of drug-likeness (QED) is 0.856. The molecule has 0 saturated heterocycles. The van der Waals surface area contributed by atoms with Crippen LogP contribution in [0.5, 0.6) is 0 Å². The van der Waals surface area contributed by atoms with Gasteiger partial charge >= 0.3 is 0 Å². The van der Waals surface area contributed by atoms with Gasteiger partial charge in [-0.25, -0.2) is 4.98 Å². The molecule has 0 aliphatic heterocycles. The zero-order valence-corrected chi connectivity index (χ0v) is 14.1. The molecule has 2 aromatic rings. The van der Waals surface area contributed by atoms with Crippen LogP contribution in [0.1, 0.15) is 17.5 Å². The zero-order chi connectivity index (χ0) is 13.1. The van der Waals surface area contributed by atoms with Gasteiger partial charge in [-0.15, -0.1) is 11.3 Å². The minimum absolute atomic E-state index is 0.856. The van der Waals surface area contributed by atoms with Gasteiger partial charge in [0.2, 0.25) is 0 Å². The van der Waals surface area contributed by atoms with Gasteiger partial charge in [-0.1, -0.05) is 6.92 Å². The van der Waals surface area contributed by atoms with Crippen molar-refractivity contribution < 1.29 is 0 Å². The van der Waals surface area contributed by atoms with Crippen LogP contribution < -0.4 is 5.32 Å². The first-order chi connectivity index (χ1) is 8.65. The van der Waals surface area contributed by atoms with Crippen molar-refractivity contribution in [3.05, 3.63) is 31.8 Å². The molecular weight excluding hydrogens is 378 g/mol. The monoisotopic (exact) mass is 389 g/mol. The van der Waals surface area contributed by atoms with Crippen LogP contribution in [-0.4, -0.2) is 17.0 Å². The van der Waals surface area contributed by atoms with Crippen LogP contribution in [0.15, 0.2) is 21.2 Å². The van der Waals surface area contributed by atoms with E-state index in [1.165, 1.54) is 4.88 Å². The molecule has 0 radical (unpaired) electrons. The molecule has 1 N–H and O–H groups in total. The number of nitrogens with zero attached hydrogens (tertiary/aromatic N) is 2. The predicted octanol–water partition coefficient (Wildman–Crippen LogP) is 4.01. The van der Waals surface area contributed by atoms with E-state index in [2.05, 4.69) is 54.1 Å². The van der Waals surface area contributed by atoms with Crippen molar-refractivity contribution in [3.8, 4) is 10.7 Å². The summed E-state index contributed by atoms with van der Waals surface area (Å²) in [5, 5.41) is 4.15. The SMILES string of the molecule is CCc1nc(-c2ncc(Br)cc2Br)sc1CNC. The van der Waals surface area contributed by atoms with Crippen LogP contribution in [0.4, 0.5) is 0 Å². The van der Waals surface area contributed by atoms with Gasteiger partial charge in [-0.2, -0.15) is 0 Å². The summed E-state index contributed by atoms with van der Waals surface area (Å²) in [5.74, 6) is 0. The van der Waals surface area contributed by atoms with E-state index >= 15 is 0 Å². The fourth-order valence-corrected chi connectivity index (χ4v) is 4.11. The molecule has 0 aromatic carbocycles. The summed E-state index contributed by atoms with van der Waals surface area (Å²) in [4.78, 5) is 10.4. The second-order valence-electron chi connectivity index (χ2n) is 3.76. The summed E-state index contributed by atoms with van der Waals surface area (Å²) in [6.45, 7) is 2.98. The smallest absolute Gasteiger partial charge is 0.143 e. The molecule has 0 unspecified atom stereocenters. The predicted molar refractivity (Wildman–Crippen MR) is 82.9 cm³/mol. The van der Waals surface area contributed by atoms with Crippen LogP contribution in [-0.2, 0) is 13.0 Å². The number of aryl methyl sites for hydroxylation is 1. The van der Waals surface area contributed by atoms with Crippen molar-refractivity contribution >= 4 is 43.2 Å². The number of rotatable bonds is 4. The summed E-state index contributed by atoms with van der Waals surface area (Å²) in [7, 11) is 1.95. The van der Waals surface area contributed by atoms with Crippen LogP contribution in [0, 0.1) is 0 Å². The van der Waals surface area contributed by atoms with Crippen molar-refractivity contribution in [2.24, 2.45) is 0 Å². The Bertz CT molecular complexity index is 554. The molecule has 0 atom stereocenters. The second-order valence-corrected chi connectivity index (χ2v) is 6.61. The lowest BCUT2D eigenvalue weighted by Crippen LogP contribution is -2.05. The number of nitrogens with one attached hydrogen (secondary N) is 1. The average Bonchev–Trinajstić information content (AvgIpc) is 2.72. The standard InChI is InChI=1S/C12H13Br2N3S/c1-3-9-10(6-15-2)18-12(17-9)11-8(14)4-7(13)5-16-11/h4-5,15H,3,6H2,1-2H3. The number of hydrogen-bond acceptors (Lipinski definition) is 4. The van der Waals surface area contributed by atoms with Crippen molar-refractivity contribution in [3.63, 3.8) is 0 Å². The summed E-state index contributed by atoms with van der Waals surface area (Å²) >= 11 is 8.64. The molecule has 0 bridgehead atoms. The largest absolute Gasteiger partial charge is 0.315 e. The topological polar surface area (TPSA) is 37.8 Å². The van der Waals surface area contributed by atoms with E-state index in [1.54, 1.807) is 17.5 Å². The lowest BCUT2D eigenvalue weighted by atomic mass is 10.3. The Morgan fingerprint density at radius 2 is 2.17 bits per heavy atom. The second kappa shape index (κ2) is 6.23. The van der Waals surface area contributed by atoms with Crippen LogP contribution >= 0.6 is 43.2 Å². The molecule has 0 aliphatic carbocycles. The Hall–Kier alpha value is -0.300. The first-order valence-corrected chi connectivity index (χ1v) is 8.00. The Balaban J connectivity index is 2.44. The molecule has 2 rings (SSSR count). The highest BCUT2D eigenvalue weighted by atomic mass is 79.9. The fourth-order valence-electron chi connectivity index (χ4n) is 1.63. The molecule has 3 nitrogen and oxygen atoms in total. The van der Waals surface area contributed by atoms with E-state index in [4.69, 9.17) is 0 Å². The number of pyridine rings is 1. The maximum atomic E-state index is 4.68. The third kappa shape index (κ3) is 2.99.